The van der Waals surface area contributed by atoms with E-state index >= 15 is 0 Å². The Balaban J connectivity index is 2.30. The van der Waals surface area contributed by atoms with Gasteiger partial charge in [-0.15, -0.1) is 0 Å². The molecule has 116 valence electrons. The third kappa shape index (κ3) is 4.31. The molecule has 0 unspecified atom stereocenters. The summed E-state index contributed by atoms with van der Waals surface area (Å²) in [5.74, 6) is -0.765. The maximum atomic E-state index is 11.9. The Morgan fingerprint density at radius 1 is 1.30 bits per heavy atom. The molecule has 0 amide bonds. The quantitative estimate of drug-likeness (QED) is 0.470. The van der Waals surface area contributed by atoms with Crippen molar-refractivity contribution in [3.8, 4) is 6.07 Å². The van der Waals surface area contributed by atoms with Crippen molar-refractivity contribution in [1.82, 2.24) is 0 Å². The molecule has 0 heterocycles. The van der Waals surface area contributed by atoms with Gasteiger partial charge in [0.2, 0.25) is 0 Å². The van der Waals surface area contributed by atoms with E-state index in [1.54, 1.807) is 6.07 Å². The van der Waals surface area contributed by atoms with Gasteiger partial charge in [0.15, 0.2) is 6.10 Å². The zero-order chi connectivity index (χ0) is 16.8. The number of carbonyl (C=O) groups is 1. The van der Waals surface area contributed by atoms with E-state index in [0.29, 0.717) is 4.90 Å². The SMILES string of the molecule is C[C@@H](C#N)OC(=O)c1ccc(Sc2ccccc2)c([N+](=O)[O-])c1. The summed E-state index contributed by atoms with van der Waals surface area (Å²) in [6, 6.07) is 15.1. The molecule has 23 heavy (non-hydrogen) atoms. The summed E-state index contributed by atoms with van der Waals surface area (Å²) >= 11 is 1.24. The van der Waals surface area contributed by atoms with Crippen LogP contribution in [0.25, 0.3) is 0 Å². The molecule has 0 aliphatic carbocycles. The topological polar surface area (TPSA) is 93.2 Å². The van der Waals surface area contributed by atoms with E-state index in [4.69, 9.17) is 10.00 Å². The fraction of sp³-hybridized carbons (Fsp3) is 0.125. The lowest BCUT2D eigenvalue weighted by atomic mass is 10.2. The molecule has 0 spiro atoms. The number of hydrogen-bond acceptors (Lipinski definition) is 6. The Morgan fingerprint density at radius 2 is 2.00 bits per heavy atom. The van der Waals surface area contributed by atoms with E-state index in [1.807, 2.05) is 30.3 Å². The highest BCUT2D eigenvalue weighted by molar-refractivity contribution is 7.99. The zero-order valence-corrected chi connectivity index (χ0v) is 12.9. The largest absolute Gasteiger partial charge is 0.444 e. The molecule has 0 bridgehead atoms. The van der Waals surface area contributed by atoms with Crippen LogP contribution in [0.1, 0.15) is 17.3 Å². The minimum absolute atomic E-state index is 0.0382. The molecule has 0 radical (unpaired) electrons. The molecule has 0 N–H and O–H groups in total. The Bertz CT molecular complexity index is 771. The molecule has 6 nitrogen and oxygen atoms in total. The summed E-state index contributed by atoms with van der Waals surface area (Å²) in [7, 11) is 0. The van der Waals surface area contributed by atoms with Crippen LogP contribution < -0.4 is 0 Å². The number of nitro benzene ring substituents is 1. The van der Waals surface area contributed by atoms with Gasteiger partial charge in [-0.2, -0.15) is 5.26 Å². The molecule has 0 saturated heterocycles. The Labute approximate surface area is 136 Å². The van der Waals surface area contributed by atoms with Crippen molar-refractivity contribution in [1.29, 1.82) is 5.26 Å². The van der Waals surface area contributed by atoms with Crippen LogP contribution in [0.15, 0.2) is 58.3 Å². The smallest absolute Gasteiger partial charge is 0.339 e. The van der Waals surface area contributed by atoms with E-state index in [0.717, 1.165) is 11.0 Å². The molecular formula is C16H12N2O4S. The summed E-state index contributed by atoms with van der Waals surface area (Å²) in [6.07, 6.45) is -0.917. The number of benzene rings is 2. The van der Waals surface area contributed by atoms with Crippen LogP contribution in [0.2, 0.25) is 0 Å². The number of nitrogens with zero attached hydrogens (tertiary/aromatic N) is 2. The fourth-order valence-corrected chi connectivity index (χ4v) is 2.67. The van der Waals surface area contributed by atoms with Crippen LogP contribution in [0.5, 0.6) is 0 Å². The highest BCUT2D eigenvalue weighted by Gasteiger charge is 2.20. The average molecular weight is 328 g/mol. The summed E-state index contributed by atoms with van der Waals surface area (Å²) in [6.45, 7) is 1.42. The zero-order valence-electron chi connectivity index (χ0n) is 12.1. The van der Waals surface area contributed by atoms with Gasteiger partial charge >= 0.3 is 5.97 Å². The van der Waals surface area contributed by atoms with Gasteiger partial charge in [0.1, 0.15) is 6.07 Å². The van der Waals surface area contributed by atoms with Gasteiger partial charge in [0.25, 0.3) is 5.69 Å². The molecule has 0 aliphatic rings. The second kappa shape index (κ2) is 7.42. The minimum Gasteiger partial charge on any atom is -0.444 e. The van der Waals surface area contributed by atoms with Gasteiger partial charge < -0.3 is 4.74 Å². The molecule has 1 atom stereocenters. The van der Waals surface area contributed by atoms with E-state index in [9.17, 15) is 14.9 Å². The summed E-state index contributed by atoms with van der Waals surface area (Å²) in [5, 5.41) is 19.9. The van der Waals surface area contributed by atoms with Crippen molar-refractivity contribution in [2.45, 2.75) is 22.8 Å². The number of nitriles is 1. The molecule has 2 aromatic rings. The molecule has 0 aliphatic heterocycles. The highest BCUT2D eigenvalue weighted by atomic mass is 32.2. The van der Waals surface area contributed by atoms with Crippen LogP contribution in [0, 0.1) is 21.4 Å². The van der Waals surface area contributed by atoms with Crippen LogP contribution in [-0.4, -0.2) is 17.0 Å². The normalized spacial score (nSPS) is 11.3. The molecule has 0 saturated carbocycles. The number of ether oxygens (including phenoxy) is 1. The lowest BCUT2D eigenvalue weighted by molar-refractivity contribution is -0.387. The van der Waals surface area contributed by atoms with Gasteiger partial charge in [-0.25, -0.2) is 4.79 Å². The number of hydrogen-bond donors (Lipinski definition) is 0. The van der Waals surface area contributed by atoms with Crippen LogP contribution >= 0.6 is 11.8 Å². The van der Waals surface area contributed by atoms with E-state index in [2.05, 4.69) is 0 Å². The lowest BCUT2D eigenvalue weighted by Gasteiger charge is -2.07. The maximum absolute atomic E-state index is 11.9. The maximum Gasteiger partial charge on any atom is 0.339 e. The van der Waals surface area contributed by atoms with Gasteiger partial charge in [0, 0.05) is 11.0 Å². The summed E-state index contributed by atoms with van der Waals surface area (Å²) in [5.41, 5.74) is -0.144. The second-order valence-electron chi connectivity index (χ2n) is 4.53. The molecule has 2 rings (SSSR count). The number of carbonyl (C=O) groups excluding carboxylic acids is 1. The van der Waals surface area contributed by atoms with Gasteiger partial charge in [-0.05, 0) is 31.2 Å². The predicted molar refractivity (Wildman–Crippen MR) is 84.2 cm³/mol. The van der Waals surface area contributed by atoms with Gasteiger partial charge in [-0.1, -0.05) is 30.0 Å². The van der Waals surface area contributed by atoms with Crippen molar-refractivity contribution >= 4 is 23.4 Å². The predicted octanol–water partition coefficient (Wildman–Crippen LogP) is 3.81. The monoisotopic (exact) mass is 328 g/mol. The van der Waals surface area contributed by atoms with Crippen molar-refractivity contribution < 1.29 is 14.5 Å². The van der Waals surface area contributed by atoms with Gasteiger partial charge in [-0.3, -0.25) is 10.1 Å². The first-order valence-electron chi connectivity index (χ1n) is 6.63. The first kappa shape index (κ1) is 16.5. The molecule has 0 aromatic heterocycles. The van der Waals surface area contributed by atoms with Crippen molar-refractivity contribution in [2.24, 2.45) is 0 Å². The van der Waals surface area contributed by atoms with Crippen molar-refractivity contribution in [2.75, 3.05) is 0 Å². The summed E-state index contributed by atoms with van der Waals surface area (Å²) in [4.78, 5) is 23.8. The first-order valence-corrected chi connectivity index (χ1v) is 7.45. The van der Waals surface area contributed by atoms with E-state index < -0.39 is 17.0 Å². The average Bonchev–Trinajstić information content (AvgIpc) is 2.55. The molecule has 7 heteroatoms. The minimum atomic E-state index is -0.917. The van der Waals surface area contributed by atoms with Crippen molar-refractivity contribution in [3.63, 3.8) is 0 Å². The second-order valence-corrected chi connectivity index (χ2v) is 5.65. The fourth-order valence-electron chi connectivity index (χ4n) is 1.74. The van der Waals surface area contributed by atoms with Crippen LogP contribution in [-0.2, 0) is 4.74 Å². The van der Waals surface area contributed by atoms with Crippen LogP contribution in [0.3, 0.4) is 0 Å². The standard InChI is InChI=1S/C16H12N2O4S/c1-11(10-17)22-16(19)12-7-8-15(14(9-12)18(20)21)23-13-5-3-2-4-6-13/h2-9,11H,1H3/t11-/m0/s1. The van der Waals surface area contributed by atoms with E-state index in [1.165, 1.54) is 30.8 Å². The van der Waals surface area contributed by atoms with Gasteiger partial charge in [0.05, 0.1) is 15.4 Å². The molecule has 0 fully saturated rings. The van der Waals surface area contributed by atoms with Crippen molar-refractivity contribution in [3.05, 3.63) is 64.2 Å². The first-order chi connectivity index (χ1) is 11.0. The lowest BCUT2D eigenvalue weighted by Crippen LogP contribution is -2.13. The number of esters is 1. The highest BCUT2D eigenvalue weighted by Crippen LogP contribution is 2.35. The Kier molecular flexibility index (Phi) is 5.33. The number of nitro groups is 1. The van der Waals surface area contributed by atoms with E-state index in [-0.39, 0.29) is 11.3 Å². The molecular weight excluding hydrogens is 316 g/mol. The summed E-state index contributed by atoms with van der Waals surface area (Å²) < 4.78 is 4.85. The number of rotatable bonds is 5. The Morgan fingerprint density at radius 3 is 2.61 bits per heavy atom. The third-order valence-corrected chi connectivity index (χ3v) is 3.90. The van der Waals surface area contributed by atoms with Crippen LogP contribution in [0.4, 0.5) is 5.69 Å². The molecule has 2 aromatic carbocycles. The third-order valence-electron chi connectivity index (χ3n) is 2.83. The Hall–Kier alpha value is -2.85.